The molecule has 2 rings (SSSR count). The zero-order chi connectivity index (χ0) is 17.5. The summed E-state index contributed by atoms with van der Waals surface area (Å²) in [4.78, 5) is 0. The molecule has 0 spiro atoms. The Bertz CT molecular complexity index is 406. The van der Waals surface area contributed by atoms with Crippen molar-refractivity contribution in [2.75, 3.05) is 13.2 Å². The topological polar surface area (TPSA) is 201 Å². The Morgan fingerprint density at radius 3 is 1.74 bits per heavy atom. The Hall–Kier alpha value is -0.440. The molecule has 0 aromatic carbocycles. The third-order valence-corrected chi connectivity index (χ3v) is 4.41. The molecule has 0 bridgehead atoms. The molecule has 0 aromatic heterocycles. The summed E-state index contributed by atoms with van der Waals surface area (Å²) in [5.74, 6) is 0. The smallest absolute Gasteiger partial charge is 0.189 e. The summed E-state index contributed by atoms with van der Waals surface area (Å²) in [6.45, 7) is -1.55. The molecule has 5 unspecified atom stereocenters. The fraction of sp³-hybridized carbons (Fsp3) is 1.00. The zero-order valence-corrected chi connectivity index (χ0v) is 12.0. The molecular formula is C12H22O11. The predicted octanol–water partition coefficient (Wildman–Crippen LogP) is -6.01. The van der Waals surface area contributed by atoms with Crippen LogP contribution in [0.5, 0.6) is 0 Å². The molecule has 0 amide bonds. The van der Waals surface area contributed by atoms with Crippen molar-refractivity contribution in [3.05, 3.63) is 0 Å². The van der Waals surface area contributed by atoms with E-state index in [1.54, 1.807) is 0 Å². The highest BCUT2D eigenvalue weighted by Crippen LogP contribution is 2.38. The maximum absolute atomic E-state index is 10.6. The van der Waals surface area contributed by atoms with Crippen LogP contribution in [0.3, 0.4) is 0 Å². The van der Waals surface area contributed by atoms with Gasteiger partial charge in [-0.25, -0.2) is 0 Å². The van der Waals surface area contributed by atoms with Gasteiger partial charge in [-0.1, -0.05) is 0 Å². The Kier molecular flexibility index (Phi) is 5.60. The highest BCUT2D eigenvalue weighted by atomic mass is 16.7. The summed E-state index contributed by atoms with van der Waals surface area (Å²) < 4.78 is 9.91. The largest absolute Gasteiger partial charge is 0.394 e. The summed E-state index contributed by atoms with van der Waals surface area (Å²) in [6.07, 6.45) is -16.4. The van der Waals surface area contributed by atoms with E-state index in [4.69, 9.17) is 19.7 Å². The minimum Gasteiger partial charge on any atom is -0.394 e. The quantitative estimate of drug-likeness (QED) is 0.236. The van der Waals surface area contributed by atoms with Crippen LogP contribution in [0.15, 0.2) is 0 Å². The number of ether oxygens (including phenoxy) is 2. The first-order valence-corrected chi connectivity index (χ1v) is 7.03. The molecule has 2 saturated heterocycles. The van der Waals surface area contributed by atoms with Gasteiger partial charge in [0.1, 0.15) is 48.8 Å². The molecule has 10 atom stereocenters. The molecule has 0 radical (unpaired) electrons. The van der Waals surface area contributed by atoms with Crippen molar-refractivity contribution in [1.82, 2.24) is 0 Å². The number of aliphatic hydroxyl groups excluding tert-OH is 8. The van der Waals surface area contributed by atoms with Gasteiger partial charge in [0, 0.05) is 0 Å². The van der Waals surface area contributed by atoms with Crippen LogP contribution in [0.25, 0.3) is 0 Å². The van der Waals surface area contributed by atoms with Crippen molar-refractivity contribution in [3.63, 3.8) is 0 Å². The van der Waals surface area contributed by atoms with Crippen molar-refractivity contribution < 1.29 is 55.4 Å². The van der Waals surface area contributed by atoms with Gasteiger partial charge in [-0.15, -0.1) is 0 Å². The first kappa shape index (κ1) is 18.9. The second-order valence-electron chi connectivity index (χ2n) is 5.78. The standard InChI is InChI=1S/C12H22O11/c13-1-3-5(15)7(17)8(18)10(22-3)12(21)9(19)6(16)4(2-14)23-11(12)20/h3-11,13-21H,1-2H2/t3-,4?,5-,6?,7+,8-,9?,10-,11?,12?/m1/s1. The minimum absolute atomic E-state index is 0.764. The van der Waals surface area contributed by atoms with Crippen LogP contribution in [-0.2, 0) is 9.47 Å². The van der Waals surface area contributed by atoms with E-state index in [1.807, 2.05) is 0 Å². The Labute approximate surface area is 130 Å². The SMILES string of the molecule is OCC1OC(O)C(O)([C@@H]2O[C@H](CO)[C@@H](O)[C@H](O)[C@H]2O)C(O)C1O. The fourth-order valence-corrected chi connectivity index (χ4v) is 2.92. The lowest BCUT2D eigenvalue weighted by Crippen LogP contribution is -2.76. The van der Waals surface area contributed by atoms with Gasteiger partial charge in [-0.3, -0.25) is 0 Å². The molecule has 23 heavy (non-hydrogen) atoms. The van der Waals surface area contributed by atoms with E-state index >= 15 is 0 Å². The van der Waals surface area contributed by atoms with Crippen molar-refractivity contribution in [2.45, 2.75) is 60.7 Å². The first-order chi connectivity index (χ1) is 10.7. The van der Waals surface area contributed by atoms with E-state index in [-0.39, 0.29) is 0 Å². The summed E-state index contributed by atoms with van der Waals surface area (Å²) in [7, 11) is 0. The van der Waals surface area contributed by atoms with Gasteiger partial charge in [0.05, 0.1) is 13.2 Å². The lowest BCUT2D eigenvalue weighted by Gasteiger charge is -2.53. The molecule has 0 saturated carbocycles. The maximum Gasteiger partial charge on any atom is 0.189 e. The van der Waals surface area contributed by atoms with Crippen molar-refractivity contribution in [1.29, 1.82) is 0 Å². The summed E-state index contributed by atoms with van der Waals surface area (Å²) in [6, 6.07) is 0. The normalized spacial score (nSPS) is 54.9. The molecule has 2 aliphatic rings. The van der Waals surface area contributed by atoms with Crippen LogP contribution in [-0.4, -0.2) is 120 Å². The molecule has 2 fully saturated rings. The van der Waals surface area contributed by atoms with Gasteiger partial charge in [-0.2, -0.15) is 0 Å². The number of aliphatic hydroxyl groups is 9. The van der Waals surface area contributed by atoms with Crippen molar-refractivity contribution >= 4 is 0 Å². The van der Waals surface area contributed by atoms with Crippen molar-refractivity contribution in [3.8, 4) is 0 Å². The molecule has 0 aromatic rings. The summed E-state index contributed by atoms with van der Waals surface area (Å²) in [5, 5.41) is 88.1. The Morgan fingerprint density at radius 2 is 1.22 bits per heavy atom. The monoisotopic (exact) mass is 342 g/mol. The molecule has 136 valence electrons. The van der Waals surface area contributed by atoms with Crippen LogP contribution in [0, 0.1) is 0 Å². The zero-order valence-electron chi connectivity index (χ0n) is 12.0. The number of hydrogen-bond acceptors (Lipinski definition) is 11. The van der Waals surface area contributed by atoms with Gasteiger partial charge in [0.15, 0.2) is 11.9 Å². The molecule has 11 heteroatoms. The molecule has 11 nitrogen and oxygen atoms in total. The highest BCUT2D eigenvalue weighted by Gasteiger charge is 2.63. The van der Waals surface area contributed by atoms with Gasteiger partial charge >= 0.3 is 0 Å². The van der Waals surface area contributed by atoms with Gasteiger partial charge in [0.2, 0.25) is 0 Å². The van der Waals surface area contributed by atoms with E-state index in [2.05, 4.69) is 0 Å². The molecule has 0 aliphatic carbocycles. The first-order valence-electron chi connectivity index (χ1n) is 7.03. The minimum atomic E-state index is -2.79. The number of rotatable bonds is 3. The maximum atomic E-state index is 10.6. The summed E-state index contributed by atoms with van der Waals surface area (Å²) >= 11 is 0. The van der Waals surface area contributed by atoms with Crippen LogP contribution in [0.2, 0.25) is 0 Å². The molecule has 2 aliphatic heterocycles. The highest BCUT2D eigenvalue weighted by molar-refractivity contribution is 5.10. The third-order valence-electron chi connectivity index (χ3n) is 4.41. The van der Waals surface area contributed by atoms with E-state index in [0.29, 0.717) is 0 Å². The predicted molar refractivity (Wildman–Crippen MR) is 68.7 cm³/mol. The third kappa shape index (κ3) is 2.88. The fourth-order valence-electron chi connectivity index (χ4n) is 2.92. The van der Waals surface area contributed by atoms with Crippen LogP contribution in [0.4, 0.5) is 0 Å². The van der Waals surface area contributed by atoms with Crippen LogP contribution in [0.1, 0.15) is 0 Å². The van der Waals surface area contributed by atoms with Crippen molar-refractivity contribution in [2.24, 2.45) is 0 Å². The van der Waals surface area contributed by atoms with E-state index < -0.39 is 73.9 Å². The average Bonchev–Trinajstić information content (AvgIpc) is 2.54. The molecule has 9 N–H and O–H groups in total. The van der Waals surface area contributed by atoms with E-state index in [1.165, 1.54) is 0 Å². The van der Waals surface area contributed by atoms with Gasteiger partial charge in [-0.05, 0) is 0 Å². The van der Waals surface area contributed by atoms with Crippen LogP contribution >= 0.6 is 0 Å². The lowest BCUT2D eigenvalue weighted by molar-refractivity contribution is -0.378. The average molecular weight is 342 g/mol. The van der Waals surface area contributed by atoms with Crippen LogP contribution < -0.4 is 0 Å². The Balaban J connectivity index is 2.33. The van der Waals surface area contributed by atoms with E-state index in [9.17, 15) is 35.7 Å². The van der Waals surface area contributed by atoms with Gasteiger partial charge in [0.25, 0.3) is 0 Å². The number of hydrogen-bond donors (Lipinski definition) is 9. The molecule has 2 heterocycles. The van der Waals surface area contributed by atoms with Gasteiger partial charge < -0.3 is 55.4 Å². The molecular weight excluding hydrogens is 320 g/mol. The summed E-state index contributed by atoms with van der Waals surface area (Å²) in [5.41, 5.74) is -2.79. The second kappa shape index (κ2) is 6.82. The second-order valence-corrected chi connectivity index (χ2v) is 5.78. The van der Waals surface area contributed by atoms with E-state index in [0.717, 1.165) is 0 Å². The Morgan fingerprint density at radius 1 is 0.696 bits per heavy atom. The lowest BCUT2D eigenvalue weighted by atomic mass is 9.77.